The topological polar surface area (TPSA) is 75.4 Å². The minimum atomic E-state index is -0.681. The number of nitrogens with two attached hydrogens (primary N) is 1. The number of thiophene rings is 1. The van der Waals surface area contributed by atoms with E-state index in [1.807, 2.05) is 32.9 Å². The first-order valence-electron chi connectivity index (χ1n) is 9.13. The quantitative estimate of drug-likeness (QED) is 0.797. The molecule has 0 unspecified atom stereocenters. The second kappa shape index (κ2) is 7.60. The highest BCUT2D eigenvalue weighted by atomic mass is 32.1. The summed E-state index contributed by atoms with van der Waals surface area (Å²) in [6.07, 6.45) is 0. The summed E-state index contributed by atoms with van der Waals surface area (Å²) in [5, 5.41) is 4.35. The fourth-order valence-electron chi connectivity index (χ4n) is 3.76. The molecule has 0 spiro atoms. The summed E-state index contributed by atoms with van der Waals surface area (Å²) in [5.74, 6) is -0.633. The third kappa shape index (κ3) is 4.17. The van der Waals surface area contributed by atoms with Crippen LogP contribution in [0.15, 0.2) is 30.3 Å². The number of fused-ring (bicyclic) bond motifs is 1. The van der Waals surface area contributed by atoms with Crippen LogP contribution in [-0.2, 0) is 15.0 Å². The second-order valence-electron chi connectivity index (χ2n) is 8.71. The third-order valence-corrected chi connectivity index (χ3v) is 6.60. The van der Waals surface area contributed by atoms with Gasteiger partial charge < -0.3 is 16.0 Å². The molecule has 2 atom stereocenters. The van der Waals surface area contributed by atoms with Crippen LogP contribution < -0.4 is 11.1 Å². The third-order valence-electron chi connectivity index (χ3n) is 5.14. The van der Waals surface area contributed by atoms with Crippen LogP contribution in [0.3, 0.4) is 0 Å². The Morgan fingerprint density at radius 1 is 1.15 bits per heavy atom. The zero-order valence-corrected chi connectivity index (χ0v) is 18.1. The van der Waals surface area contributed by atoms with Crippen molar-refractivity contribution < 1.29 is 9.59 Å². The molecule has 0 aliphatic heterocycles. The van der Waals surface area contributed by atoms with E-state index in [4.69, 9.17) is 5.73 Å². The van der Waals surface area contributed by atoms with E-state index in [9.17, 15) is 9.59 Å². The molecule has 27 heavy (non-hydrogen) atoms. The van der Waals surface area contributed by atoms with Crippen molar-refractivity contribution in [2.45, 2.75) is 52.1 Å². The number of hydrogen-bond acceptors (Lipinski definition) is 4. The summed E-state index contributed by atoms with van der Waals surface area (Å²) < 4.78 is 1.20. The first-order chi connectivity index (χ1) is 12.4. The SMILES string of the molecule is CN[C@H](C(=O)N(C)[C@H](C(N)=O)C(C)(C)C)C(C)(C)c1cc2ccccc2s1. The molecule has 1 aromatic carbocycles. The molecule has 1 aromatic heterocycles. The zero-order chi connectivity index (χ0) is 20.6. The molecule has 0 saturated carbocycles. The number of benzene rings is 1. The molecule has 2 rings (SSSR count). The van der Waals surface area contributed by atoms with Crippen LogP contribution in [0.25, 0.3) is 10.1 Å². The number of hydrogen-bond donors (Lipinski definition) is 2. The highest BCUT2D eigenvalue weighted by molar-refractivity contribution is 7.19. The van der Waals surface area contributed by atoms with Gasteiger partial charge in [0, 0.05) is 22.0 Å². The maximum atomic E-state index is 13.4. The van der Waals surface area contributed by atoms with Crippen LogP contribution >= 0.6 is 11.3 Å². The van der Waals surface area contributed by atoms with Gasteiger partial charge in [-0.05, 0) is 30.0 Å². The lowest BCUT2D eigenvalue weighted by atomic mass is 9.80. The van der Waals surface area contributed by atoms with Crippen molar-refractivity contribution in [1.82, 2.24) is 10.2 Å². The lowest BCUT2D eigenvalue weighted by Gasteiger charge is -2.40. The van der Waals surface area contributed by atoms with Crippen LogP contribution in [0.4, 0.5) is 0 Å². The number of amides is 2. The average molecular weight is 390 g/mol. The Bertz CT molecular complexity index is 802. The number of primary amides is 1. The molecule has 0 bridgehead atoms. The standard InChI is InChI=1S/C21H31N3O2S/c1-20(2,3)17(18(22)25)24(7)19(26)16(23-6)21(4,5)15-12-13-10-8-9-11-14(13)27-15/h8-12,16-17,23H,1-7H3,(H2,22,25)/t16-,17-/m1/s1. The van der Waals surface area contributed by atoms with Crippen LogP contribution in [0, 0.1) is 5.41 Å². The van der Waals surface area contributed by atoms with Crippen LogP contribution in [0.1, 0.15) is 39.5 Å². The molecule has 0 fully saturated rings. The molecule has 0 radical (unpaired) electrons. The Labute approximate surface area is 165 Å². The molecule has 5 nitrogen and oxygen atoms in total. The van der Waals surface area contributed by atoms with Gasteiger partial charge in [-0.25, -0.2) is 0 Å². The van der Waals surface area contributed by atoms with Crippen molar-refractivity contribution in [3.8, 4) is 0 Å². The summed E-state index contributed by atoms with van der Waals surface area (Å²) in [7, 11) is 3.44. The van der Waals surface area contributed by atoms with Gasteiger partial charge in [0.2, 0.25) is 11.8 Å². The number of carbonyl (C=O) groups is 2. The highest BCUT2D eigenvalue weighted by Gasteiger charge is 2.43. The Morgan fingerprint density at radius 3 is 2.22 bits per heavy atom. The van der Waals surface area contributed by atoms with Crippen LogP contribution in [0.5, 0.6) is 0 Å². The van der Waals surface area contributed by atoms with Crippen molar-refractivity contribution in [2.75, 3.05) is 14.1 Å². The van der Waals surface area contributed by atoms with E-state index in [0.717, 1.165) is 4.88 Å². The number of nitrogens with one attached hydrogen (secondary N) is 1. The highest BCUT2D eigenvalue weighted by Crippen LogP contribution is 2.37. The monoisotopic (exact) mass is 389 g/mol. The lowest BCUT2D eigenvalue weighted by molar-refractivity contribution is -0.144. The smallest absolute Gasteiger partial charge is 0.241 e. The predicted molar refractivity (Wildman–Crippen MR) is 113 cm³/mol. The van der Waals surface area contributed by atoms with Crippen molar-refractivity contribution in [2.24, 2.45) is 11.1 Å². The van der Waals surface area contributed by atoms with Gasteiger partial charge in [-0.1, -0.05) is 52.8 Å². The van der Waals surface area contributed by atoms with Gasteiger partial charge in [-0.2, -0.15) is 0 Å². The maximum absolute atomic E-state index is 13.4. The van der Waals surface area contributed by atoms with E-state index < -0.39 is 28.8 Å². The summed E-state index contributed by atoms with van der Waals surface area (Å²) in [6, 6.07) is 9.18. The van der Waals surface area contributed by atoms with Gasteiger partial charge in [-0.3, -0.25) is 9.59 Å². The van der Waals surface area contributed by atoms with Crippen molar-refractivity contribution in [3.05, 3.63) is 35.2 Å². The predicted octanol–water partition coefficient (Wildman–Crippen LogP) is 3.13. The van der Waals surface area contributed by atoms with E-state index >= 15 is 0 Å². The molecule has 0 aliphatic carbocycles. The van der Waals surface area contributed by atoms with Gasteiger partial charge in [-0.15, -0.1) is 11.3 Å². The van der Waals surface area contributed by atoms with Crippen molar-refractivity contribution >= 4 is 33.2 Å². The number of carbonyl (C=O) groups excluding carboxylic acids is 2. The Hall–Kier alpha value is -1.92. The molecular formula is C21H31N3O2S. The number of rotatable bonds is 6. The van der Waals surface area contributed by atoms with Gasteiger partial charge in [0.1, 0.15) is 6.04 Å². The van der Waals surface area contributed by atoms with Crippen LogP contribution in [-0.4, -0.2) is 42.9 Å². The normalized spacial score (nSPS) is 14.8. The molecule has 6 heteroatoms. The fraction of sp³-hybridized carbons (Fsp3) is 0.524. The average Bonchev–Trinajstić information content (AvgIpc) is 2.98. The molecule has 0 aliphatic rings. The first-order valence-corrected chi connectivity index (χ1v) is 9.95. The lowest BCUT2D eigenvalue weighted by Crippen LogP contribution is -2.60. The van der Waals surface area contributed by atoms with Gasteiger partial charge in [0.05, 0.1) is 6.04 Å². The maximum Gasteiger partial charge on any atom is 0.241 e. The van der Waals surface area contributed by atoms with E-state index in [2.05, 4.69) is 37.4 Å². The molecule has 148 valence electrons. The van der Waals surface area contributed by atoms with E-state index in [1.165, 1.54) is 15.0 Å². The fourth-order valence-corrected chi connectivity index (χ4v) is 4.96. The Kier molecular flexibility index (Phi) is 6.02. The molecule has 2 amide bonds. The van der Waals surface area contributed by atoms with Gasteiger partial charge in [0.25, 0.3) is 0 Å². The minimum Gasteiger partial charge on any atom is -0.368 e. The van der Waals surface area contributed by atoms with Gasteiger partial charge >= 0.3 is 0 Å². The van der Waals surface area contributed by atoms with E-state index in [1.54, 1.807) is 25.4 Å². The van der Waals surface area contributed by atoms with Gasteiger partial charge in [0.15, 0.2) is 0 Å². The molecule has 0 saturated heterocycles. The molecule has 3 N–H and O–H groups in total. The summed E-state index contributed by atoms with van der Waals surface area (Å²) in [4.78, 5) is 28.0. The van der Waals surface area contributed by atoms with Crippen molar-refractivity contribution in [1.29, 1.82) is 0 Å². The summed E-state index contributed by atoms with van der Waals surface area (Å²) in [5.41, 5.74) is 4.72. The Balaban J connectivity index is 2.40. The van der Waals surface area contributed by atoms with E-state index in [0.29, 0.717) is 0 Å². The molecule has 2 aromatic rings. The number of nitrogens with zero attached hydrogens (tertiary/aromatic N) is 1. The molecular weight excluding hydrogens is 358 g/mol. The largest absolute Gasteiger partial charge is 0.368 e. The number of likely N-dealkylation sites (N-methyl/N-ethyl adjacent to an activating group) is 2. The van der Waals surface area contributed by atoms with E-state index in [-0.39, 0.29) is 5.91 Å². The summed E-state index contributed by atoms with van der Waals surface area (Å²) in [6.45, 7) is 9.86. The molecule has 1 heterocycles. The van der Waals surface area contributed by atoms with Crippen molar-refractivity contribution in [3.63, 3.8) is 0 Å². The van der Waals surface area contributed by atoms with Crippen LogP contribution in [0.2, 0.25) is 0 Å². The second-order valence-corrected chi connectivity index (χ2v) is 9.80. The first kappa shape index (κ1) is 21.4. The zero-order valence-electron chi connectivity index (χ0n) is 17.3. The Morgan fingerprint density at radius 2 is 1.74 bits per heavy atom. The summed E-state index contributed by atoms with van der Waals surface area (Å²) >= 11 is 1.69. The minimum absolute atomic E-state index is 0.140.